The van der Waals surface area contributed by atoms with Gasteiger partial charge in [-0.25, -0.2) is 8.42 Å². The number of methoxy groups -OCH3 is 1. The number of nitrogens with zero attached hydrogens (tertiary/aromatic N) is 1. The number of hydrogen-bond acceptors (Lipinski definition) is 4. The van der Waals surface area contributed by atoms with Crippen LogP contribution in [0.2, 0.25) is 0 Å². The molecule has 0 amide bonds. The van der Waals surface area contributed by atoms with Crippen molar-refractivity contribution in [3.63, 3.8) is 0 Å². The van der Waals surface area contributed by atoms with Crippen LogP contribution in [0, 0.1) is 0 Å². The predicted octanol–water partition coefficient (Wildman–Crippen LogP) is 0.938. The van der Waals surface area contributed by atoms with Gasteiger partial charge in [0.1, 0.15) is 0 Å². The van der Waals surface area contributed by atoms with Gasteiger partial charge in [0.25, 0.3) is 0 Å². The number of carbonyl (C=O) groups is 1. The summed E-state index contributed by atoms with van der Waals surface area (Å²) in [6, 6.07) is 7.36. The summed E-state index contributed by atoms with van der Waals surface area (Å²) in [6.07, 6.45) is 0.835. The van der Waals surface area contributed by atoms with Crippen molar-refractivity contribution in [3.8, 4) is 0 Å². The van der Waals surface area contributed by atoms with Crippen molar-refractivity contribution in [1.82, 2.24) is 4.31 Å². The van der Waals surface area contributed by atoms with E-state index in [9.17, 15) is 13.2 Å². The van der Waals surface area contributed by atoms with Gasteiger partial charge in [-0.2, -0.15) is 4.31 Å². The van der Waals surface area contributed by atoms with Gasteiger partial charge in [-0.3, -0.25) is 4.79 Å². The number of benzene rings is 1. The molecule has 1 aliphatic rings. The minimum Gasteiger partial charge on any atom is -0.469 e. The standard InChI is InChI=1S/C13H17NO4S/c1-18-13(15)9-11-5-2-3-6-12(11)10-14-7-4-8-19(14,16)17/h2-3,5-6H,4,7-10H2,1H3. The molecule has 5 nitrogen and oxygen atoms in total. The normalized spacial score (nSPS) is 18.4. The number of esters is 1. The fourth-order valence-electron chi connectivity index (χ4n) is 2.17. The molecule has 0 spiro atoms. The fourth-order valence-corrected chi connectivity index (χ4v) is 3.67. The number of ether oxygens (including phenoxy) is 1. The van der Waals surface area contributed by atoms with Crippen molar-refractivity contribution in [2.75, 3.05) is 19.4 Å². The summed E-state index contributed by atoms with van der Waals surface area (Å²) in [7, 11) is -1.78. The van der Waals surface area contributed by atoms with Crippen LogP contribution in [0.1, 0.15) is 17.5 Å². The summed E-state index contributed by atoms with van der Waals surface area (Å²) < 4.78 is 29.7. The predicted molar refractivity (Wildman–Crippen MR) is 71.0 cm³/mol. The van der Waals surface area contributed by atoms with Gasteiger partial charge in [-0.05, 0) is 17.5 Å². The Morgan fingerprint density at radius 1 is 1.32 bits per heavy atom. The lowest BCUT2D eigenvalue weighted by atomic mass is 10.0. The number of sulfonamides is 1. The van der Waals surface area contributed by atoms with E-state index in [1.165, 1.54) is 11.4 Å². The van der Waals surface area contributed by atoms with Gasteiger partial charge in [0, 0.05) is 13.1 Å². The van der Waals surface area contributed by atoms with E-state index in [4.69, 9.17) is 0 Å². The molecule has 0 aliphatic carbocycles. The van der Waals surface area contributed by atoms with Crippen LogP contribution in [0.5, 0.6) is 0 Å². The van der Waals surface area contributed by atoms with Crippen LogP contribution in [0.15, 0.2) is 24.3 Å². The highest BCUT2D eigenvalue weighted by Gasteiger charge is 2.28. The first kappa shape index (κ1) is 14.0. The molecule has 0 N–H and O–H groups in total. The van der Waals surface area contributed by atoms with Gasteiger partial charge in [0.2, 0.25) is 10.0 Å². The van der Waals surface area contributed by atoms with Crippen molar-refractivity contribution in [2.45, 2.75) is 19.4 Å². The highest BCUT2D eigenvalue weighted by molar-refractivity contribution is 7.89. The molecule has 0 radical (unpaired) electrons. The van der Waals surface area contributed by atoms with Crippen LogP contribution in [0.4, 0.5) is 0 Å². The van der Waals surface area contributed by atoms with E-state index in [-0.39, 0.29) is 18.1 Å². The lowest BCUT2D eigenvalue weighted by Crippen LogP contribution is -2.26. The summed E-state index contributed by atoms with van der Waals surface area (Å²) in [6.45, 7) is 0.879. The zero-order chi connectivity index (χ0) is 13.9. The highest BCUT2D eigenvalue weighted by atomic mass is 32.2. The quantitative estimate of drug-likeness (QED) is 0.771. The molecule has 6 heteroatoms. The molecular formula is C13H17NO4S. The zero-order valence-electron chi connectivity index (χ0n) is 10.8. The molecule has 1 saturated heterocycles. The average molecular weight is 283 g/mol. The summed E-state index contributed by atoms with van der Waals surface area (Å²) in [4.78, 5) is 11.3. The maximum Gasteiger partial charge on any atom is 0.309 e. The summed E-state index contributed by atoms with van der Waals surface area (Å²) in [5.41, 5.74) is 1.68. The van der Waals surface area contributed by atoms with Crippen LogP contribution in [-0.2, 0) is 32.5 Å². The number of carbonyl (C=O) groups excluding carboxylic acids is 1. The van der Waals surface area contributed by atoms with E-state index < -0.39 is 10.0 Å². The third-order valence-corrected chi connectivity index (χ3v) is 5.13. The van der Waals surface area contributed by atoms with E-state index in [1.807, 2.05) is 24.3 Å². The van der Waals surface area contributed by atoms with Gasteiger partial charge < -0.3 is 4.74 Å². The summed E-state index contributed by atoms with van der Waals surface area (Å²) >= 11 is 0. The molecule has 1 aromatic rings. The van der Waals surface area contributed by atoms with Gasteiger partial charge in [0.15, 0.2) is 0 Å². The van der Waals surface area contributed by atoms with Crippen LogP contribution in [0.25, 0.3) is 0 Å². The summed E-state index contributed by atoms with van der Waals surface area (Å²) in [5.74, 6) is -0.108. The molecule has 1 aromatic carbocycles. The number of hydrogen-bond donors (Lipinski definition) is 0. The van der Waals surface area contributed by atoms with Gasteiger partial charge in [-0.15, -0.1) is 0 Å². The minimum absolute atomic E-state index is 0.167. The van der Waals surface area contributed by atoms with Crippen molar-refractivity contribution >= 4 is 16.0 Å². The van der Waals surface area contributed by atoms with E-state index >= 15 is 0 Å². The third kappa shape index (κ3) is 3.33. The topological polar surface area (TPSA) is 63.7 Å². The lowest BCUT2D eigenvalue weighted by Gasteiger charge is -2.16. The molecule has 2 rings (SSSR count). The third-order valence-electron chi connectivity index (χ3n) is 3.23. The van der Waals surface area contributed by atoms with Crippen molar-refractivity contribution in [1.29, 1.82) is 0 Å². The Balaban J connectivity index is 2.18. The van der Waals surface area contributed by atoms with Gasteiger partial charge in [-0.1, -0.05) is 24.3 Å². The molecule has 0 unspecified atom stereocenters. The molecule has 0 aromatic heterocycles. The van der Waals surface area contributed by atoms with E-state index in [2.05, 4.69) is 4.74 Å². The molecule has 1 aliphatic heterocycles. The second-order valence-electron chi connectivity index (χ2n) is 4.52. The highest BCUT2D eigenvalue weighted by Crippen LogP contribution is 2.20. The molecule has 0 atom stereocenters. The zero-order valence-corrected chi connectivity index (χ0v) is 11.6. The second-order valence-corrected chi connectivity index (χ2v) is 6.61. The monoisotopic (exact) mass is 283 g/mol. The van der Waals surface area contributed by atoms with E-state index in [0.717, 1.165) is 11.1 Å². The Bertz CT molecular complexity index is 568. The Labute approximate surface area is 113 Å². The maximum absolute atomic E-state index is 11.8. The second kappa shape index (κ2) is 5.71. The maximum atomic E-state index is 11.8. The molecule has 0 saturated carbocycles. The Morgan fingerprint density at radius 2 is 2.00 bits per heavy atom. The SMILES string of the molecule is COC(=O)Cc1ccccc1CN1CCCS1(=O)=O. The Kier molecular flexibility index (Phi) is 4.21. The molecule has 19 heavy (non-hydrogen) atoms. The van der Waals surface area contributed by atoms with Crippen molar-refractivity contribution in [3.05, 3.63) is 35.4 Å². The minimum atomic E-state index is -3.12. The van der Waals surface area contributed by atoms with Crippen LogP contribution < -0.4 is 0 Å². The lowest BCUT2D eigenvalue weighted by molar-refractivity contribution is -0.139. The molecule has 104 valence electrons. The van der Waals surface area contributed by atoms with E-state index in [0.29, 0.717) is 19.5 Å². The van der Waals surface area contributed by atoms with Crippen LogP contribution in [-0.4, -0.2) is 38.1 Å². The van der Waals surface area contributed by atoms with Gasteiger partial charge in [0.05, 0.1) is 19.3 Å². The largest absolute Gasteiger partial charge is 0.469 e. The molecule has 0 bridgehead atoms. The average Bonchev–Trinajstić information content (AvgIpc) is 2.71. The molecular weight excluding hydrogens is 266 g/mol. The summed E-state index contributed by atoms with van der Waals surface area (Å²) in [5, 5.41) is 0. The molecule has 1 fully saturated rings. The van der Waals surface area contributed by atoms with Crippen molar-refractivity contribution in [2.24, 2.45) is 0 Å². The Morgan fingerprint density at radius 3 is 2.58 bits per heavy atom. The fraction of sp³-hybridized carbons (Fsp3) is 0.462. The first-order valence-electron chi connectivity index (χ1n) is 6.14. The molecule has 1 heterocycles. The van der Waals surface area contributed by atoms with Gasteiger partial charge >= 0.3 is 5.97 Å². The first-order chi connectivity index (χ1) is 9.03. The Hall–Kier alpha value is -1.40. The first-order valence-corrected chi connectivity index (χ1v) is 7.75. The van der Waals surface area contributed by atoms with Crippen LogP contribution >= 0.6 is 0 Å². The van der Waals surface area contributed by atoms with E-state index in [1.54, 1.807) is 0 Å². The van der Waals surface area contributed by atoms with Crippen molar-refractivity contribution < 1.29 is 17.9 Å². The van der Waals surface area contributed by atoms with Crippen LogP contribution in [0.3, 0.4) is 0 Å². The smallest absolute Gasteiger partial charge is 0.309 e. The number of rotatable bonds is 4.